The van der Waals surface area contributed by atoms with Crippen molar-refractivity contribution < 1.29 is 1.37 Å². The van der Waals surface area contributed by atoms with Gasteiger partial charge in [-0.05, 0) is 6.07 Å². The Hall–Kier alpha value is -1.12. The van der Waals surface area contributed by atoms with E-state index in [1.165, 1.54) is 12.3 Å². The number of H-pyrrole nitrogens is 1. The molecular formula is C4H4N2O. The summed E-state index contributed by atoms with van der Waals surface area (Å²) in [6.45, 7) is 0. The molecule has 1 aromatic heterocycles. The summed E-state index contributed by atoms with van der Waals surface area (Å²) in [5.74, 6) is 0. The lowest BCUT2D eigenvalue weighted by Gasteiger charge is -1.72. The van der Waals surface area contributed by atoms with Crippen LogP contribution in [0.2, 0.25) is 0 Å². The molecule has 0 aromatic carbocycles. The zero-order chi connectivity index (χ0) is 5.98. The van der Waals surface area contributed by atoms with E-state index >= 15 is 0 Å². The summed E-state index contributed by atoms with van der Waals surface area (Å²) >= 11 is 0. The van der Waals surface area contributed by atoms with Crippen LogP contribution < -0.4 is 5.56 Å². The summed E-state index contributed by atoms with van der Waals surface area (Å²) < 4.78 is 6.84. The molecular weight excluding hydrogens is 92.1 g/mol. The number of nitrogens with one attached hydrogen (secondary N) is 1. The van der Waals surface area contributed by atoms with Gasteiger partial charge < -0.3 is 0 Å². The molecule has 0 radical (unpaired) electrons. The van der Waals surface area contributed by atoms with Crippen LogP contribution in [0.3, 0.4) is 0 Å². The maximum absolute atomic E-state index is 10.3. The maximum Gasteiger partial charge on any atom is 0.264 e. The highest BCUT2D eigenvalue weighted by atomic mass is 16.1. The van der Waals surface area contributed by atoms with Gasteiger partial charge in [0.15, 0.2) is 0 Å². The SMILES string of the molecule is [2H]c1ccn[nH]c1=O. The zero-order valence-electron chi connectivity index (χ0n) is 4.51. The number of aromatic amines is 1. The molecule has 0 aliphatic heterocycles. The third-order valence-corrected chi connectivity index (χ3v) is 0.530. The molecule has 3 nitrogen and oxygen atoms in total. The number of rotatable bonds is 0. The number of hydrogen-bond acceptors (Lipinski definition) is 2. The Bertz CT molecular complexity index is 231. The van der Waals surface area contributed by atoms with Crippen molar-refractivity contribution in [1.29, 1.82) is 0 Å². The van der Waals surface area contributed by atoms with Crippen molar-refractivity contribution in [3.05, 3.63) is 28.7 Å². The molecule has 3 heteroatoms. The largest absolute Gasteiger partial charge is 0.268 e. The lowest BCUT2D eigenvalue weighted by atomic mass is 10.6. The van der Waals surface area contributed by atoms with Crippen molar-refractivity contribution in [2.45, 2.75) is 0 Å². The molecule has 0 saturated heterocycles. The average Bonchev–Trinajstić information content (AvgIpc) is 1.77. The van der Waals surface area contributed by atoms with Crippen LogP contribution >= 0.6 is 0 Å². The molecule has 7 heavy (non-hydrogen) atoms. The summed E-state index contributed by atoms with van der Waals surface area (Å²) in [7, 11) is 0. The standard InChI is InChI=1S/C4H4N2O/c7-4-2-1-3-5-6-4/h1-3H,(H,6,7)/i2D. The van der Waals surface area contributed by atoms with Gasteiger partial charge in [0.2, 0.25) is 0 Å². The van der Waals surface area contributed by atoms with Gasteiger partial charge in [-0.25, -0.2) is 5.10 Å². The molecule has 36 valence electrons. The predicted octanol–water partition coefficient (Wildman–Crippen LogP) is -0.230. The normalized spacial score (nSPS) is 10.6. The first-order valence-corrected chi connectivity index (χ1v) is 1.81. The smallest absolute Gasteiger partial charge is 0.264 e. The van der Waals surface area contributed by atoms with Crippen molar-refractivity contribution >= 4 is 0 Å². The number of nitrogens with zero attached hydrogens (tertiary/aromatic N) is 1. The molecule has 0 aliphatic rings. The number of aromatic nitrogens is 2. The fourth-order valence-electron chi connectivity index (χ4n) is 0.278. The lowest BCUT2D eigenvalue weighted by molar-refractivity contribution is 0.988. The Morgan fingerprint density at radius 2 is 2.86 bits per heavy atom. The quantitative estimate of drug-likeness (QED) is 0.486. The Morgan fingerprint density at radius 1 is 2.00 bits per heavy atom. The molecule has 0 saturated carbocycles. The van der Waals surface area contributed by atoms with Crippen molar-refractivity contribution in [1.82, 2.24) is 10.2 Å². The second-order valence-electron chi connectivity index (χ2n) is 1.03. The Morgan fingerprint density at radius 3 is 3.29 bits per heavy atom. The van der Waals surface area contributed by atoms with Gasteiger partial charge in [-0.15, -0.1) is 0 Å². The minimum absolute atomic E-state index is 0.0556. The van der Waals surface area contributed by atoms with E-state index in [0.717, 1.165) is 0 Å². The van der Waals surface area contributed by atoms with Crippen LogP contribution in [-0.2, 0) is 0 Å². The molecule has 0 unspecified atom stereocenters. The summed E-state index contributed by atoms with van der Waals surface area (Å²) in [5, 5.41) is 5.49. The van der Waals surface area contributed by atoms with Crippen LogP contribution in [-0.4, -0.2) is 10.2 Å². The van der Waals surface area contributed by atoms with Crippen LogP contribution in [0.25, 0.3) is 0 Å². The molecule has 0 spiro atoms. The highest BCUT2D eigenvalue weighted by Crippen LogP contribution is 1.60. The first kappa shape index (κ1) is 2.96. The second kappa shape index (κ2) is 1.55. The van der Waals surface area contributed by atoms with Crippen molar-refractivity contribution in [3.63, 3.8) is 0 Å². The molecule has 0 bridgehead atoms. The van der Waals surface area contributed by atoms with Crippen molar-refractivity contribution in [2.75, 3.05) is 0 Å². The fraction of sp³-hybridized carbons (Fsp3) is 0. The minimum Gasteiger partial charge on any atom is -0.268 e. The Labute approximate surface area is 41.4 Å². The minimum atomic E-state index is -0.451. The topological polar surface area (TPSA) is 45.8 Å². The van der Waals surface area contributed by atoms with Gasteiger partial charge in [-0.2, -0.15) is 5.10 Å². The summed E-state index contributed by atoms with van der Waals surface area (Å²) in [5.41, 5.74) is -0.451. The van der Waals surface area contributed by atoms with E-state index < -0.39 is 5.56 Å². The van der Waals surface area contributed by atoms with Crippen LogP contribution in [0.1, 0.15) is 1.37 Å². The molecule has 0 fully saturated rings. The Kier molecular flexibility index (Phi) is 0.656. The summed E-state index contributed by atoms with van der Waals surface area (Å²) in [6.07, 6.45) is 1.36. The molecule has 0 aliphatic carbocycles. The predicted molar refractivity (Wildman–Crippen MR) is 24.9 cm³/mol. The first-order valence-electron chi connectivity index (χ1n) is 2.31. The molecule has 1 N–H and O–H groups in total. The Balaban J connectivity index is 3.35. The maximum atomic E-state index is 10.3. The third kappa shape index (κ3) is 0.855. The molecule has 1 aromatic rings. The van der Waals surface area contributed by atoms with Crippen LogP contribution in [0.5, 0.6) is 0 Å². The summed E-state index contributed by atoms with van der Waals surface area (Å²) in [6, 6.07) is 1.28. The van der Waals surface area contributed by atoms with Crippen LogP contribution in [0.15, 0.2) is 23.1 Å². The monoisotopic (exact) mass is 97.0 g/mol. The van der Waals surface area contributed by atoms with Gasteiger partial charge in [0.25, 0.3) is 5.56 Å². The van der Waals surface area contributed by atoms with E-state index in [9.17, 15) is 4.79 Å². The molecule has 0 atom stereocenters. The van der Waals surface area contributed by atoms with E-state index in [1.54, 1.807) is 0 Å². The molecule has 0 amide bonds. The lowest BCUT2D eigenvalue weighted by Crippen LogP contribution is -2.02. The third-order valence-electron chi connectivity index (χ3n) is 0.530. The van der Waals surface area contributed by atoms with Crippen molar-refractivity contribution in [3.8, 4) is 0 Å². The van der Waals surface area contributed by atoms with Crippen molar-refractivity contribution in [2.24, 2.45) is 0 Å². The second-order valence-corrected chi connectivity index (χ2v) is 1.03. The van der Waals surface area contributed by atoms with Gasteiger partial charge in [0.1, 0.15) is 0 Å². The fourth-order valence-corrected chi connectivity index (χ4v) is 0.278. The van der Waals surface area contributed by atoms with Crippen LogP contribution in [0, 0.1) is 0 Å². The number of hydrogen-bond donors (Lipinski definition) is 1. The van der Waals surface area contributed by atoms with Gasteiger partial charge in [-0.1, -0.05) is 0 Å². The first-order chi connectivity index (χ1) is 3.80. The van der Waals surface area contributed by atoms with E-state index in [-0.39, 0.29) is 6.04 Å². The molecule has 1 rings (SSSR count). The van der Waals surface area contributed by atoms with Gasteiger partial charge >= 0.3 is 0 Å². The van der Waals surface area contributed by atoms with E-state index in [2.05, 4.69) is 10.2 Å². The van der Waals surface area contributed by atoms with E-state index in [0.29, 0.717) is 0 Å². The average molecular weight is 97.1 g/mol. The van der Waals surface area contributed by atoms with Gasteiger partial charge in [0, 0.05) is 12.2 Å². The highest BCUT2D eigenvalue weighted by Gasteiger charge is 1.70. The zero-order valence-corrected chi connectivity index (χ0v) is 3.51. The van der Waals surface area contributed by atoms with Gasteiger partial charge in [-0.3, -0.25) is 4.79 Å². The van der Waals surface area contributed by atoms with Gasteiger partial charge in [0.05, 0.1) is 1.37 Å². The molecule has 1 heterocycles. The highest BCUT2D eigenvalue weighted by molar-refractivity contribution is 4.81. The summed E-state index contributed by atoms with van der Waals surface area (Å²) in [4.78, 5) is 10.3. The van der Waals surface area contributed by atoms with E-state index in [1.807, 2.05) is 0 Å². The van der Waals surface area contributed by atoms with E-state index in [4.69, 9.17) is 1.37 Å². The van der Waals surface area contributed by atoms with Crippen LogP contribution in [0.4, 0.5) is 0 Å².